The SMILES string of the molecule is CC1(C)[C@H]2CC[C@]1(C)[C@H](NC(=O)NCc1ccco1)C2. The van der Waals surface area contributed by atoms with E-state index in [0.717, 1.165) is 18.1 Å². The lowest BCUT2D eigenvalue weighted by Crippen LogP contribution is -2.49. The Morgan fingerprint density at radius 3 is 2.80 bits per heavy atom. The number of urea groups is 1. The first-order valence-corrected chi connectivity index (χ1v) is 7.50. The third kappa shape index (κ3) is 1.93. The zero-order valence-corrected chi connectivity index (χ0v) is 12.5. The topological polar surface area (TPSA) is 54.3 Å². The molecule has 2 aliphatic rings. The van der Waals surface area contributed by atoms with Gasteiger partial charge >= 0.3 is 6.03 Å². The normalized spacial score (nSPS) is 34.1. The summed E-state index contributed by atoms with van der Waals surface area (Å²) in [6, 6.07) is 3.89. The van der Waals surface area contributed by atoms with Crippen LogP contribution in [0.1, 0.15) is 45.8 Å². The minimum Gasteiger partial charge on any atom is -0.467 e. The monoisotopic (exact) mass is 276 g/mol. The molecule has 0 saturated heterocycles. The minimum absolute atomic E-state index is 0.0871. The van der Waals surface area contributed by atoms with E-state index in [1.807, 2.05) is 12.1 Å². The summed E-state index contributed by atoms with van der Waals surface area (Å²) in [5.41, 5.74) is 0.547. The van der Waals surface area contributed by atoms with Gasteiger partial charge in [-0.05, 0) is 48.1 Å². The fourth-order valence-electron chi connectivity index (χ4n) is 4.21. The lowest BCUT2D eigenvalue weighted by molar-refractivity contribution is 0.123. The number of carbonyl (C=O) groups is 1. The second-order valence-corrected chi connectivity index (χ2v) is 7.07. The zero-order valence-electron chi connectivity index (χ0n) is 12.5. The summed E-state index contributed by atoms with van der Waals surface area (Å²) in [7, 11) is 0. The van der Waals surface area contributed by atoms with Crippen LogP contribution < -0.4 is 10.6 Å². The molecule has 3 atom stereocenters. The number of nitrogens with one attached hydrogen (secondary N) is 2. The molecule has 2 bridgehead atoms. The van der Waals surface area contributed by atoms with Crippen LogP contribution >= 0.6 is 0 Å². The second-order valence-electron chi connectivity index (χ2n) is 7.07. The van der Waals surface area contributed by atoms with Gasteiger partial charge in [0, 0.05) is 6.04 Å². The predicted octanol–water partition coefficient (Wildman–Crippen LogP) is 3.29. The molecule has 1 aromatic heterocycles. The third-order valence-corrected chi connectivity index (χ3v) is 6.10. The van der Waals surface area contributed by atoms with E-state index in [4.69, 9.17) is 4.42 Å². The second kappa shape index (κ2) is 4.54. The zero-order chi connectivity index (χ0) is 14.4. The number of rotatable bonds is 3. The number of amides is 2. The lowest BCUT2D eigenvalue weighted by Gasteiger charge is -2.39. The van der Waals surface area contributed by atoms with E-state index in [1.54, 1.807) is 6.26 Å². The van der Waals surface area contributed by atoms with Gasteiger partial charge < -0.3 is 15.1 Å². The van der Waals surface area contributed by atoms with E-state index >= 15 is 0 Å². The molecule has 3 rings (SSSR count). The molecule has 4 heteroatoms. The molecular formula is C16H24N2O2. The summed E-state index contributed by atoms with van der Waals surface area (Å²) in [5, 5.41) is 6.05. The van der Waals surface area contributed by atoms with Crippen molar-refractivity contribution < 1.29 is 9.21 Å². The van der Waals surface area contributed by atoms with Crippen molar-refractivity contribution in [3.63, 3.8) is 0 Å². The molecule has 110 valence electrons. The van der Waals surface area contributed by atoms with Crippen molar-refractivity contribution in [1.82, 2.24) is 10.6 Å². The van der Waals surface area contributed by atoms with Crippen LogP contribution in [0.15, 0.2) is 22.8 Å². The Balaban J connectivity index is 1.58. The van der Waals surface area contributed by atoms with E-state index in [9.17, 15) is 4.79 Å². The summed E-state index contributed by atoms with van der Waals surface area (Å²) in [6.45, 7) is 7.48. The smallest absolute Gasteiger partial charge is 0.315 e. The van der Waals surface area contributed by atoms with Crippen molar-refractivity contribution in [3.05, 3.63) is 24.2 Å². The van der Waals surface area contributed by atoms with Gasteiger partial charge in [-0.25, -0.2) is 4.79 Å². The molecule has 2 fully saturated rings. The van der Waals surface area contributed by atoms with Crippen LogP contribution in [0.25, 0.3) is 0 Å². The molecular weight excluding hydrogens is 252 g/mol. The molecule has 1 heterocycles. The average molecular weight is 276 g/mol. The molecule has 2 amide bonds. The Morgan fingerprint density at radius 2 is 2.25 bits per heavy atom. The maximum absolute atomic E-state index is 12.1. The molecule has 0 aromatic carbocycles. The third-order valence-electron chi connectivity index (χ3n) is 6.10. The first-order chi connectivity index (χ1) is 9.43. The Labute approximate surface area is 120 Å². The van der Waals surface area contributed by atoms with Crippen molar-refractivity contribution in [3.8, 4) is 0 Å². The highest BCUT2D eigenvalue weighted by Crippen LogP contribution is 2.65. The number of furan rings is 1. The predicted molar refractivity (Wildman–Crippen MR) is 77.1 cm³/mol. The van der Waals surface area contributed by atoms with E-state index in [0.29, 0.717) is 12.0 Å². The van der Waals surface area contributed by atoms with Crippen LogP contribution in [-0.2, 0) is 6.54 Å². The van der Waals surface area contributed by atoms with Crippen LogP contribution in [0.2, 0.25) is 0 Å². The molecule has 1 aromatic rings. The van der Waals surface area contributed by atoms with Gasteiger partial charge in [0.1, 0.15) is 5.76 Å². The summed E-state index contributed by atoms with van der Waals surface area (Å²) < 4.78 is 5.21. The number of fused-ring (bicyclic) bond motifs is 2. The molecule has 4 nitrogen and oxygen atoms in total. The molecule has 20 heavy (non-hydrogen) atoms. The molecule has 2 saturated carbocycles. The van der Waals surface area contributed by atoms with Crippen LogP contribution in [0.3, 0.4) is 0 Å². The maximum atomic E-state index is 12.1. The van der Waals surface area contributed by atoms with Gasteiger partial charge in [-0.1, -0.05) is 20.8 Å². The van der Waals surface area contributed by atoms with Crippen LogP contribution in [-0.4, -0.2) is 12.1 Å². The number of hydrogen-bond donors (Lipinski definition) is 2. The molecule has 0 spiro atoms. The van der Waals surface area contributed by atoms with Gasteiger partial charge in [-0.15, -0.1) is 0 Å². The summed E-state index contributed by atoms with van der Waals surface area (Å²) in [5.74, 6) is 1.52. The molecule has 2 N–H and O–H groups in total. The van der Waals surface area contributed by atoms with Crippen molar-refractivity contribution in [1.29, 1.82) is 0 Å². The summed E-state index contributed by atoms with van der Waals surface area (Å²) in [4.78, 5) is 12.1. The Morgan fingerprint density at radius 1 is 1.45 bits per heavy atom. The Kier molecular flexibility index (Phi) is 3.07. The molecule has 0 aliphatic heterocycles. The van der Waals surface area contributed by atoms with E-state index in [-0.39, 0.29) is 17.5 Å². The first kappa shape index (κ1) is 13.5. The lowest BCUT2D eigenvalue weighted by atomic mass is 9.69. The maximum Gasteiger partial charge on any atom is 0.315 e. The highest BCUT2D eigenvalue weighted by atomic mass is 16.3. The van der Waals surface area contributed by atoms with Gasteiger partial charge in [0.15, 0.2) is 0 Å². The fourth-order valence-corrected chi connectivity index (χ4v) is 4.21. The summed E-state index contributed by atoms with van der Waals surface area (Å²) in [6.07, 6.45) is 5.25. The number of carbonyl (C=O) groups excluding carboxylic acids is 1. The molecule has 0 radical (unpaired) electrons. The first-order valence-electron chi connectivity index (χ1n) is 7.50. The largest absolute Gasteiger partial charge is 0.467 e. The van der Waals surface area contributed by atoms with Crippen molar-refractivity contribution in [2.24, 2.45) is 16.7 Å². The Bertz CT molecular complexity index is 495. The Hall–Kier alpha value is -1.45. The molecule has 0 unspecified atom stereocenters. The average Bonchev–Trinajstić information content (AvgIpc) is 3.02. The van der Waals surface area contributed by atoms with Gasteiger partial charge in [-0.3, -0.25) is 0 Å². The van der Waals surface area contributed by atoms with Crippen LogP contribution in [0.4, 0.5) is 4.79 Å². The highest BCUT2D eigenvalue weighted by Gasteiger charge is 2.61. The quantitative estimate of drug-likeness (QED) is 0.890. The summed E-state index contributed by atoms with van der Waals surface area (Å²) >= 11 is 0. The van der Waals surface area contributed by atoms with Gasteiger partial charge in [0.2, 0.25) is 0 Å². The van der Waals surface area contributed by atoms with Gasteiger partial charge in [0.05, 0.1) is 12.8 Å². The van der Waals surface area contributed by atoms with Crippen molar-refractivity contribution in [2.75, 3.05) is 0 Å². The van der Waals surface area contributed by atoms with E-state index in [1.165, 1.54) is 12.8 Å². The standard InChI is InChI=1S/C16H24N2O2/c1-15(2)11-6-7-16(15,3)13(9-11)18-14(19)17-10-12-5-4-8-20-12/h4-5,8,11,13H,6-7,9-10H2,1-3H3,(H2,17,18,19)/t11-,13+,16+/m0/s1. The highest BCUT2D eigenvalue weighted by molar-refractivity contribution is 5.74. The minimum atomic E-state index is -0.0871. The van der Waals surface area contributed by atoms with Crippen LogP contribution in [0, 0.1) is 16.7 Å². The van der Waals surface area contributed by atoms with Crippen molar-refractivity contribution >= 4 is 6.03 Å². The van der Waals surface area contributed by atoms with Crippen molar-refractivity contribution in [2.45, 2.75) is 52.6 Å². The van der Waals surface area contributed by atoms with Crippen LogP contribution in [0.5, 0.6) is 0 Å². The van der Waals surface area contributed by atoms with E-state index < -0.39 is 0 Å². The fraction of sp³-hybridized carbons (Fsp3) is 0.688. The number of hydrogen-bond acceptors (Lipinski definition) is 2. The van der Waals surface area contributed by atoms with E-state index in [2.05, 4.69) is 31.4 Å². The molecule has 2 aliphatic carbocycles. The van der Waals surface area contributed by atoms with Gasteiger partial charge in [0.25, 0.3) is 0 Å². The van der Waals surface area contributed by atoms with Gasteiger partial charge in [-0.2, -0.15) is 0 Å².